The zero-order chi connectivity index (χ0) is 14.5. The Balaban J connectivity index is 2.22. The van der Waals surface area contributed by atoms with Crippen LogP contribution in [0.1, 0.15) is 19.4 Å². The lowest BCUT2D eigenvalue weighted by Crippen LogP contribution is -2.21. The highest BCUT2D eigenvalue weighted by Crippen LogP contribution is 2.33. The third-order valence-corrected chi connectivity index (χ3v) is 4.81. The van der Waals surface area contributed by atoms with Crippen molar-refractivity contribution in [3.05, 3.63) is 57.5 Å². The molecule has 0 bridgehead atoms. The zero-order valence-electron chi connectivity index (χ0n) is 11.9. The fraction of sp³-hybridized carbons (Fsp3) is 0.294. The average Bonchev–Trinajstić information content (AvgIpc) is 2.48. The molecule has 2 aromatic carbocycles. The number of nitrogens with zero attached hydrogens (tertiary/aromatic N) is 1. The topological polar surface area (TPSA) is 3.24 Å². The monoisotopic (exact) mass is 351 g/mol. The molecule has 0 radical (unpaired) electrons. The van der Waals surface area contributed by atoms with Crippen molar-refractivity contribution < 1.29 is 0 Å². The number of rotatable bonds is 5. The minimum absolute atomic E-state index is 0.768. The zero-order valence-corrected chi connectivity index (χ0v) is 14.2. The normalized spacial score (nSPS) is 11.1. The molecule has 0 saturated carbocycles. The summed E-state index contributed by atoms with van der Waals surface area (Å²) >= 11 is 9.81. The smallest absolute Gasteiger partial charge is 0.0626 e. The van der Waals surface area contributed by atoms with Gasteiger partial charge in [0, 0.05) is 16.6 Å². The van der Waals surface area contributed by atoms with Crippen molar-refractivity contribution in [2.75, 3.05) is 13.1 Å². The second-order valence-electron chi connectivity index (χ2n) is 4.76. The quantitative estimate of drug-likeness (QED) is 0.676. The molecule has 3 heteroatoms. The van der Waals surface area contributed by atoms with E-state index in [0.29, 0.717) is 0 Å². The molecule has 0 atom stereocenters. The Labute approximate surface area is 134 Å². The minimum atomic E-state index is 0.768. The Morgan fingerprint density at radius 1 is 1.00 bits per heavy atom. The van der Waals surface area contributed by atoms with Gasteiger partial charge in [0.05, 0.1) is 5.02 Å². The lowest BCUT2D eigenvalue weighted by molar-refractivity contribution is 0.296. The van der Waals surface area contributed by atoms with Gasteiger partial charge in [0.25, 0.3) is 0 Å². The maximum atomic E-state index is 6.34. The highest BCUT2D eigenvalue weighted by Gasteiger charge is 2.07. The molecule has 0 N–H and O–H groups in total. The van der Waals surface area contributed by atoms with Crippen LogP contribution >= 0.6 is 27.5 Å². The van der Waals surface area contributed by atoms with E-state index in [4.69, 9.17) is 11.6 Å². The molecule has 0 aromatic heterocycles. The third-order valence-electron chi connectivity index (χ3n) is 3.52. The first-order chi connectivity index (χ1) is 9.65. The summed E-state index contributed by atoms with van der Waals surface area (Å²) in [5, 5.41) is 0.768. The standard InChI is InChI=1S/C17H19BrClN/c1-3-20(4-2)12-13-8-10-14(11-9-13)15-6-5-7-16(18)17(15)19/h5-11H,3-4,12H2,1-2H3. The SMILES string of the molecule is CCN(CC)Cc1ccc(-c2cccc(Br)c2Cl)cc1. The van der Waals surface area contributed by atoms with E-state index in [0.717, 1.165) is 40.3 Å². The molecule has 106 valence electrons. The summed E-state index contributed by atoms with van der Waals surface area (Å²) in [6.07, 6.45) is 0. The molecule has 0 amide bonds. The van der Waals surface area contributed by atoms with Gasteiger partial charge in [0.15, 0.2) is 0 Å². The first kappa shape index (κ1) is 15.6. The maximum Gasteiger partial charge on any atom is 0.0626 e. The molecule has 20 heavy (non-hydrogen) atoms. The molecule has 0 unspecified atom stereocenters. The number of halogens is 2. The van der Waals surface area contributed by atoms with Crippen molar-refractivity contribution in [1.82, 2.24) is 4.90 Å². The maximum absolute atomic E-state index is 6.34. The number of hydrogen-bond donors (Lipinski definition) is 0. The first-order valence-electron chi connectivity index (χ1n) is 6.91. The highest BCUT2D eigenvalue weighted by atomic mass is 79.9. The first-order valence-corrected chi connectivity index (χ1v) is 8.08. The molecule has 0 aliphatic heterocycles. The Kier molecular flexibility index (Phi) is 5.64. The van der Waals surface area contributed by atoms with Crippen LogP contribution < -0.4 is 0 Å². The summed E-state index contributed by atoms with van der Waals surface area (Å²) in [7, 11) is 0. The predicted molar refractivity (Wildman–Crippen MR) is 91.2 cm³/mol. The molecule has 0 fully saturated rings. The summed E-state index contributed by atoms with van der Waals surface area (Å²) in [6, 6.07) is 14.7. The molecule has 1 nitrogen and oxygen atoms in total. The van der Waals surface area contributed by atoms with E-state index in [-0.39, 0.29) is 0 Å². The van der Waals surface area contributed by atoms with Crippen molar-refractivity contribution in [3.8, 4) is 11.1 Å². The van der Waals surface area contributed by atoms with E-state index in [9.17, 15) is 0 Å². The van der Waals surface area contributed by atoms with Crippen molar-refractivity contribution in [1.29, 1.82) is 0 Å². The Morgan fingerprint density at radius 2 is 1.65 bits per heavy atom. The van der Waals surface area contributed by atoms with E-state index >= 15 is 0 Å². The molecule has 2 aromatic rings. The predicted octanol–water partition coefficient (Wildman–Crippen LogP) is 5.61. The second kappa shape index (κ2) is 7.26. The van der Waals surface area contributed by atoms with Crippen LogP contribution in [0, 0.1) is 0 Å². The molecular weight excluding hydrogens is 334 g/mol. The lowest BCUT2D eigenvalue weighted by atomic mass is 10.0. The molecular formula is C17H19BrClN. The van der Waals surface area contributed by atoms with E-state index in [1.807, 2.05) is 18.2 Å². The summed E-state index contributed by atoms with van der Waals surface area (Å²) in [6.45, 7) is 7.54. The van der Waals surface area contributed by atoms with Crippen LogP contribution in [0.25, 0.3) is 11.1 Å². The fourth-order valence-electron chi connectivity index (χ4n) is 2.22. The van der Waals surface area contributed by atoms with E-state index in [1.54, 1.807) is 0 Å². The van der Waals surface area contributed by atoms with Crippen molar-refractivity contribution in [3.63, 3.8) is 0 Å². The fourth-order valence-corrected chi connectivity index (χ4v) is 2.82. The van der Waals surface area contributed by atoms with E-state index in [2.05, 4.69) is 58.9 Å². The van der Waals surface area contributed by atoms with Gasteiger partial charge in [-0.1, -0.05) is 61.8 Å². The van der Waals surface area contributed by atoms with Gasteiger partial charge in [0.1, 0.15) is 0 Å². The van der Waals surface area contributed by atoms with Gasteiger partial charge in [-0.3, -0.25) is 4.90 Å². The van der Waals surface area contributed by atoms with Gasteiger partial charge in [-0.15, -0.1) is 0 Å². The van der Waals surface area contributed by atoms with E-state index in [1.165, 1.54) is 5.56 Å². The van der Waals surface area contributed by atoms with Crippen LogP contribution in [0.2, 0.25) is 5.02 Å². The van der Waals surface area contributed by atoms with Crippen LogP contribution in [0.4, 0.5) is 0 Å². The largest absolute Gasteiger partial charge is 0.300 e. The van der Waals surface area contributed by atoms with Crippen LogP contribution in [-0.4, -0.2) is 18.0 Å². The molecule has 0 aliphatic carbocycles. The Hall–Kier alpha value is -0.830. The average molecular weight is 353 g/mol. The van der Waals surface area contributed by atoms with Crippen LogP contribution in [0.5, 0.6) is 0 Å². The van der Waals surface area contributed by atoms with Gasteiger partial charge in [0.2, 0.25) is 0 Å². The lowest BCUT2D eigenvalue weighted by Gasteiger charge is -2.18. The Bertz CT molecular complexity index is 562. The molecule has 0 heterocycles. The van der Waals surface area contributed by atoms with Gasteiger partial charge in [-0.25, -0.2) is 0 Å². The molecule has 0 spiro atoms. The van der Waals surface area contributed by atoms with Crippen LogP contribution in [-0.2, 0) is 6.54 Å². The minimum Gasteiger partial charge on any atom is -0.300 e. The Morgan fingerprint density at radius 3 is 2.25 bits per heavy atom. The molecule has 0 aliphatic rings. The summed E-state index contributed by atoms with van der Waals surface area (Å²) in [5.41, 5.74) is 3.55. The number of hydrogen-bond acceptors (Lipinski definition) is 1. The van der Waals surface area contributed by atoms with Crippen molar-refractivity contribution in [2.45, 2.75) is 20.4 Å². The van der Waals surface area contributed by atoms with Gasteiger partial charge < -0.3 is 0 Å². The highest BCUT2D eigenvalue weighted by molar-refractivity contribution is 9.10. The summed E-state index contributed by atoms with van der Waals surface area (Å²) in [4.78, 5) is 2.40. The van der Waals surface area contributed by atoms with Crippen molar-refractivity contribution in [2.24, 2.45) is 0 Å². The van der Waals surface area contributed by atoms with Crippen LogP contribution in [0.15, 0.2) is 46.9 Å². The van der Waals surface area contributed by atoms with Gasteiger partial charge in [-0.05, 0) is 46.2 Å². The summed E-state index contributed by atoms with van der Waals surface area (Å²) in [5.74, 6) is 0. The summed E-state index contributed by atoms with van der Waals surface area (Å²) < 4.78 is 0.934. The molecule has 0 saturated heterocycles. The van der Waals surface area contributed by atoms with E-state index < -0.39 is 0 Å². The van der Waals surface area contributed by atoms with Crippen molar-refractivity contribution >= 4 is 27.5 Å². The number of benzene rings is 2. The van der Waals surface area contributed by atoms with Gasteiger partial charge >= 0.3 is 0 Å². The second-order valence-corrected chi connectivity index (χ2v) is 5.99. The van der Waals surface area contributed by atoms with Gasteiger partial charge in [-0.2, -0.15) is 0 Å². The molecule has 2 rings (SSSR count). The third kappa shape index (κ3) is 3.63. The van der Waals surface area contributed by atoms with Crippen LogP contribution in [0.3, 0.4) is 0 Å².